The minimum absolute atomic E-state index is 0.637. The van der Waals surface area contributed by atoms with Crippen LogP contribution in [0.15, 0.2) is 194 Å². The summed E-state index contributed by atoms with van der Waals surface area (Å²) >= 11 is 0. The smallest absolute Gasteiger partial charge is 0.164 e. The topological polar surface area (TPSA) is 51.6 Å². The fourth-order valence-electron chi connectivity index (χ4n) is 7.48. The van der Waals surface area contributed by atoms with E-state index in [4.69, 9.17) is 19.9 Å². The highest BCUT2D eigenvalue weighted by Gasteiger charge is 2.16. The number of para-hydroxylation sites is 1. The monoisotopic (exact) mass is 688 g/mol. The molecule has 0 aliphatic heterocycles. The second-order valence-electron chi connectivity index (χ2n) is 13.4. The summed E-state index contributed by atoms with van der Waals surface area (Å²) in [6.07, 6.45) is 0. The van der Waals surface area contributed by atoms with Crippen molar-refractivity contribution in [3.63, 3.8) is 0 Å². The van der Waals surface area contributed by atoms with Crippen molar-refractivity contribution in [1.29, 1.82) is 0 Å². The maximum atomic E-state index is 5.15. The number of rotatable bonds is 6. The van der Waals surface area contributed by atoms with Crippen LogP contribution in [0.4, 0.5) is 0 Å². The molecule has 0 fully saturated rings. The van der Waals surface area contributed by atoms with E-state index < -0.39 is 0 Å². The van der Waals surface area contributed by atoms with Gasteiger partial charge in [0.1, 0.15) is 0 Å². The third kappa shape index (κ3) is 5.67. The molecule has 4 nitrogen and oxygen atoms in total. The Morgan fingerprint density at radius 1 is 0.259 bits per heavy atom. The minimum Gasteiger partial charge on any atom is -0.247 e. The molecule has 2 aromatic heterocycles. The quantitative estimate of drug-likeness (QED) is 0.163. The van der Waals surface area contributed by atoms with Gasteiger partial charge in [0.05, 0.1) is 11.2 Å². The second-order valence-corrected chi connectivity index (χ2v) is 13.4. The number of hydrogen-bond acceptors (Lipinski definition) is 4. The Labute approximate surface area is 313 Å². The number of pyridine rings is 1. The molecule has 0 aliphatic carbocycles. The number of hydrogen-bond donors (Lipinski definition) is 0. The average molecular weight is 689 g/mol. The lowest BCUT2D eigenvalue weighted by Gasteiger charge is -2.16. The zero-order valence-electron chi connectivity index (χ0n) is 29.3. The van der Waals surface area contributed by atoms with Crippen molar-refractivity contribution in [1.82, 2.24) is 19.9 Å². The normalized spacial score (nSPS) is 11.3. The second kappa shape index (κ2) is 13.4. The number of aromatic nitrogens is 4. The van der Waals surface area contributed by atoms with E-state index in [2.05, 4.69) is 133 Å². The summed E-state index contributed by atoms with van der Waals surface area (Å²) in [5, 5.41) is 5.93. The van der Waals surface area contributed by atoms with Crippen molar-refractivity contribution in [2.75, 3.05) is 0 Å². The van der Waals surface area contributed by atoms with E-state index in [-0.39, 0.29) is 0 Å². The van der Waals surface area contributed by atoms with Crippen LogP contribution in [0.25, 0.3) is 100 Å². The Kier molecular flexibility index (Phi) is 7.77. The van der Waals surface area contributed by atoms with Crippen molar-refractivity contribution in [2.45, 2.75) is 0 Å². The van der Waals surface area contributed by atoms with Crippen LogP contribution < -0.4 is 0 Å². The zero-order chi connectivity index (χ0) is 35.8. The molecular formula is C50H32N4. The molecule has 0 atom stereocenters. The van der Waals surface area contributed by atoms with Gasteiger partial charge in [0, 0.05) is 33.0 Å². The van der Waals surface area contributed by atoms with Gasteiger partial charge in [-0.3, -0.25) is 0 Å². The summed E-state index contributed by atoms with van der Waals surface area (Å²) in [5.41, 5.74) is 10.5. The molecule has 4 heteroatoms. The van der Waals surface area contributed by atoms with Crippen molar-refractivity contribution in [3.05, 3.63) is 194 Å². The molecule has 8 aromatic carbocycles. The van der Waals surface area contributed by atoms with Crippen LogP contribution in [0.1, 0.15) is 0 Å². The van der Waals surface area contributed by atoms with Crippen molar-refractivity contribution in [3.8, 4) is 67.7 Å². The Morgan fingerprint density at radius 2 is 0.722 bits per heavy atom. The van der Waals surface area contributed by atoms with E-state index >= 15 is 0 Å². The molecule has 10 rings (SSSR count). The molecule has 0 saturated heterocycles. The molecule has 0 N–H and O–H groups in total. The fourth-order valence-corrected chi connectivity index (χ4v) is 7.48. The van der Waals surface area contributed by atoms with Gasteiger partial charge in [-0.1, -0.05) is 188 Å². The summed E-state index contributed by atoms with van der Waals surface area (Å²) in [5.74, 6) is 1.93. The van der Waals surface area contributed by atoms with E-state index in [0.29, 0.717) is 17.5 Å². The highest BCUT2D eigenvalue weighted by Crippen LogP contribution is 2.40. The predicted octanol–water partition coefficient (Wildman–Crippen LogP) is 12.7. The lowest BCUT2D eigenvalue weighted by molar-refractivity contribution is 1.07. The van der Waals surface area contributed by atoms with Crippen molar-refractivity contribution < 1.29 is 0 Å². The molecule has 0 unspecified atom stereocenters. The van der Waals surface area contributed by atoms with E-state index in [1.54, 1.807) is 0 Å². The fraction of sp³-hybridized carbons (Fsp3) is 0. The Balaban J connectivity index is 1.07. The first-order valence-electron chi connectivity index (χ1n) is 18.1. The third-order valence-electron chi connectivity index (χ3n) is 10.1. The Bertz CT molecular complexity index is 2900. The summed E-state index contributed by atoms with van der Waals surface area (Å²) in [7, 11) is 0. The molecule has 0 radical (unpaired) electrons. The van der Waals surface area contributed by atoms with Gasteiger partial charge in [-0.2, -0.15) is 0 Å². The van der Waals surface area contributed by atoms with Crippen molar-refractivity contribution in [2.24, 2.45) is 0 Å². The minimum atomic E-state index is 0.637. The summed E-state index contributed by atoms with van der Waals surface area (Å²) in [4.78, 5) is 19.9. The average Bonchev–Trinajstić information content (AvgIpc) is 3.26. The van der Waals surface area contributed by atoms with E-state index in [1.165, 1.54) is 32.7 Å². The molecule has 0 saturated carbocycles. The first-order chi connectivity index (χ1) is 26.8. The van der Waals surface area contributed by atoms with E-state index in [0.717, 1.165) is 50.0 Å². The van der Waals surface area contributed by atoms with Crippen LogP contribution >= 0.6 is 0 Å². The molecule has 0 amide bonds. The van der Waals surface area contributed by atoms with Gasteiger partial charge in [-0.15, -0.1) is 0 Å². The summed E-state index contributed by atoms with van der Waals surface area (Å²) < 4.78 is 0. The Morgan fingerprint density at radius 3 is 1.37 bits per heavy atom. The van der Waals surface area contributed by atoms with E-state index in [1.807, 2.05) is 60.7 Å². The first-order valence-corrected chi connectivity index (χ1v) is 18.1. The van der Waals surface area contributed by atoms with Gasteiger partial charge >= 0.3 is 0 Å². The van der Waals surface area contributed by atoms with Gasteiger partial charge < -0.3 is 0 Å². The van der Waals surface area contributed by atoms with Crippen LogP contribution in [0, 0.1) is 0 Å². The molecular weight excluding hydrogens is 657 g/mol. The van der Waals surface area contributed by atoms with Gasteiger partial charge in [0.15, 0.2) is 17.5 Å². The van der Waals surface area contributed by atoms with Crippen molar-refractivity contribution >= 4 is 32.4 Å². The van der Waals surface area contributed by atoms with Crippen LogP contribution in [0.2, 0.25) is 0 Å². The summed E-state index contributed by atoms with van der Waals surface area (Å²) in [6.45, 7) is 0. The van der Waals surface area contributed by atoms with Gasteiger partial charge in [-0.25, -0.2) is 19.9 Å². The van der Waals surface area contributed by atoms with E-state index in [9.17, 15) is 0 Å². The molecule has 54 heavy (non-hydrogen) atoms. The Hall–Kier alpha value is -7.30. The van der Waals surface area contributed by atoms with Gasteiger partial charge in [0.2, 0.25) is 0 Å². The van der Waals surface area contributed by atoms with Crippen LogP contribution in [0.3, 0.4) is 0 Å². The van der Waals surface area contributed by atoms with Crippen LogP contribution in [-0.2, 0) is 0 Å². The van der Waals surface area contributed by atoms with Gasteiger partial charge in [0.25, 0.3) is 0 Å². The molecule has 0 aliphatic rings. The van der Waals surface area contributed by atoms with Crippen LogP contribution in [0.5, 0.6) is 0 Å². The zero-order valence-corrected chi connectivity index (χ0v) is 29.3. The largest absolute Gasteiger partial charge is 0.247 e. The molecule has 2 heterocycles. The highest BCUT2D eigenvalue weighted by molar-refractivity contribution is 6.11. The number of nitrogens with zero attached hydrogens (tertiary/aromatic N) is 4. The predicted molar refractivity (Wildman–Crippen MR) is 223 cm³/mol. The summed E-state index contributed by atoms with van der Waals surface area (Å²) in [6, 6.07) is 67.7. The molecule has 10 aromatic rings. The SMILES string of the molecule is c1ccc(-c2nc(-c3ccccc3)nc(-c3ccc(-c4c(-c5ccc(-c6nc7ccccc7c7ccccc67)cc5)ccc5ccccc45)cc3)n2)cc1. The molecule has 0 bridgehead atoms. The number of benzene rings is 8. The molecule has 0 spiro atoms. The standard InChI is InChI=1S/C50H32N4/c1-3-14-37(15-4-1)48-52-49(38-16-5-2-6-17-38)54-50(53-48)39-29-25-35(26-30-39)46-40-18-8-7-13-33(40)31-32-41(46)34-23-27-36(28-24-34)47-44-21-10-9-19-42(44)43-20-11-12-22-45(43)51-47/h1-32H. The maximum absolute atomic E-state index is 5.15. The number of fused-ring (bicyclic) bond motifs is 4. The highest BCUT2D eigenvalue weighted by atomic mass is 15.0. The third-order valence-corrected chi connectivity index (χ3v) is 10.1. The lowest BCUT2D eigenvalue weighted by atomic mass is 9.89. The maximum Gasteiger partial charge on any atom is 0.164 e. The lowest BCUT2D eigenvalue weighted by Crippen LogP contribution is -2.00. The first kappa shape index (κ1) is 31.4. The van der Waals surface area contributed by atoms with Crippen LogP contribution in [-0.4, -0.2) is 19.9 Å². The van der Waals surface area contributed by atoms with Gasteiger partial charge in [-0.05, 0) is 44.5 Å². The molecule has 252 valence electrons.